The van der Waals surface area contributed by atoms with E-state index in [4.69, 9.17) is 5.73 Å². The molecule has 0 aromatic rings. The van der Waals surface area contributed by atoms with Gasteiger partial charge in [-0.2, -0.15) is 0 Å². The van der Waals surface area contributed by atoms with Gasteiger partial charge in [0.25, 0.3) is 0 Å². The minimum Gasteiger partial charge on any atom is -0.318 e. The number of hydrogen-bond acceptors (Lipinski definition) is 3. The number of likely N-dealkylation sites (tertiary alicyclic amines) is 1. The monoisotopic (exact) mass is 142 g/mol. The van der Waals surface area contributed by atoms with Crippen LogP contribution in [0, 0.1) is 0 Å². The predicted octanol–water partition coefficient (Wildman–Crippen LogP) is -0.0424. The number of carbonyl (C=O) groups excluding carboxylic acids is 1. The number of carbonyl (C=O) groups is 1. The van der Waals surface area contributed by atoms with E-state index in [-0.39, 0.29) is 0 Å². The van der Waals surface area contributed by atoms with Crippen LogP contribution in [0.4, 0.5) is 0 Å². The molecule has 1 saturated heterocycles. The van der Waals surface area contributed by atoms with Gasteiger partial charge in [0.2, 0.25) is 0 Å². The summed E-state index contributed by atoms with van der Waals surface area (Å²) in [5.74, 6) is 0.385. The molecule has 3 heteroatoms. The van der Waals surface area contributed by atoms with Crippen molar-refractivity contribution in [2.24, 2.45) is 5.73 Å². The number of hydrogen-bond donors (Lipinski definition) is 1. The van der Waals surface area contributed by atoms with Gasteiger partial charge in [-0.1, -0.05) is 0 Å². The van der Waals surface area contributed by atoms with Gasteiger partial charge in [0.05, 0.1) is 0 Å². The molecule has 0 aliphatic carbocycles. The van der Waals surface area contributed by atoms with Crippen LogP contribution in [0.1, 0.15) is 19.3 Å². The van der Waals surface area contributed by atoms with E-state index in [0.717, 1.165) is 25.9 Å². The Morgan fingerprint density at radius 3 is 2.90 bits per heavy atom. The number of nitrogens with two attached hydrogens (primary N) is 1. The maximum atomic E-state index is 10.9. The van der Waals surface area contributed by atoms with Crippen molar-refractivity contribution >= 4 is 5.78 Å². The molecule has 0 amide bonds. The van der Waals surface area contributed by atoms with E-state index in [1.165, 1.54) is 0 Å². The van der Waals surface area contributed by atoms with Crippen LogP contribution in [0.15, 0.2) is 0 Å². The first-order chi connectivity index (χ1) is 4.83. The Balaban J connectivity index is 2.33. The van der Waals surface area contributed by atoms with Crippen molar-refractivity contribution in [2.75, 3.05) is 19.8 Å². The van der Waals surface area contributed by atoms with E-state index in [9.17, 15) is 4.79 Å². The first-order valence-electron chi connectivity index (χ1n) is 3.77. The summed E-state index contributed by atoms with van der Waals surface area (Å²) in [6, 6.07) is 0. The summed E-state index contributed by atoms with van der Waals surface area (Å²) in [4.78, 5) is 13.0. The Hall–Kier alpha value is -0.410. The van der Waals surface area contributed by atoms with Gasteiger partial charge in [-0.3, -0.25) is 9.69 Å². The molecule has 1 rings (SSSR count). The van der Waals surface area contributed by atoms with Gasteiger partial charge < -0.3 is 5.73 Å². The highest BCUT2D eigenvalue weighted by Crippen LogP contribution is 2.04. The molecule has 10 heavy (non-hydrogen) atoms. The maximum Gasteiger partial charge on any atom is 0.134 e. The molecule has 1 fully saturated rings. The van der Waals surface area contributed by atoms with Crippen molar-refractivity contribution in [1.82, 2.24) is 4.90 Å². The van der Waals surface area contributed by atoms with E-state index in [0.29, 0.717) is 18.9 Å². The second kappa shape index (κ2) is 3.68. The standard InChI is InChI=1S/C7H14N2O/c8-6-9-4-1-2-7(10)3-5-9/h1-6,8H2. The SMILES string of the molecule is NCN1CCCC(=O)CC1. The Bertz CT molecular complexity index is 125. The van der Waals surface area contributed by atoms with Crippen LogP contribution >= 0.6 is 0 Å². The summed E-state index contributed by atoms with van der Waals surface area (Å²) in [6.45, 7) is 2.44. The fourth-order valence-corrected chi connectivity index (χ4v) is 1.20. The number of nitrogens with zero attached hydrogens (tertiary/aromatic N) is 1. The molecule has 0 atom stereocenters. The first-order valence-corrected chi connectivity index (χ1v) is 3.77. The van der Waals surface area contributed by atoms with Gasteiger partial charge in [-0.15, -0.1) is 0 Å². The van der Waals surface area contributed by atoms with E-state index in [1.54, 1.807) is 0 Å². The summed E-state index contributed by atoms with van der Waals surface area (Å²) in [6.07, 6.45) is 2.42. The molecular weight excluding hydrogens is 128 g/mol. The lowest BCUT2D eigenvalue weighted by atomic mass is 10.2. The highest BCUT2D eigenvalue weighted by molar-refractivity contribution is 5.78. The van der Waals surface area contributed by atoms with Crippen LogP contribution in [0.2, 0.25) is 0 Å². The fourth-order valence-electron chi connectivity index (χ4n) is 1.20. The predicted molar refractivity (Wildman–Crippen MR) is 39.5 cm³/mol. The molecule has 0 aromatic carbocycles. The second-order valence-corrected chi connectivity index (χ2v) is 2.69. The number of Topliss-reactive ketones (excluding diaryl/α,β-unsaturated/α-hetero) is 1. The molecule has 2 N–H and O–H groups in total. The highest BCUT2D eigenvalue weighted by Gasteiger charge is 2.11. The molecule has 1 aliphatic rings. The van der Waals surface area contributed by atoms with Gasteiger partial charge >= 0.3 is 0 Å². The lowest BCUT2D eigenvalue weighted by Crippen LogP contribution is -2.30. The lowest BCUT2D eigenvalue weighted by molar-refractivity contribution is -0.118. The van der Waals surface area contributed by atoms with Crippen molar-refractivity contribution in [3.05, 3.63) is 0 Å². The third-order valence-corrected chi connectivity index (χ3v) is 1.90. The molecule has 0 unspecified atom stereocenters. The van der Waals surface area contributed by atoms with Crippen LogP contribution in [-0.4, -0.2) is 30.4 Å². The van der Waals surface area contributed by atoms with Crippen LogP contribution in [0.3, 0.4) is 0 Å². The summed E-state index contributed by atoms with van der Waals surface area (Å²) in [7, 11) is 0. The van der Waals surface area contributed by atoms with E-state index in [2.05, 4.69) is 4.90 Å². The zero-order valence-electron chi connectivity index (χ0n) is 6.18. The third kappa shape index (κ3) is 2.08. The highest BCUT2D eigenvalue weighted by atomic mass is 16.1. The largest absolute Gasteiger partial charge is 0.318 e. The summed E-state index contributed by atoms with van der Waals surface area (Å²) in [5.41, 5.74) is 5.43. The molecule has 1 heterocycles. The minimum absolute atomic E-state index is 0.385. The smallest absolute Gasteiger partial charge is 0.134 e. The average Bonchev–Trinajstić information content (AvgIpc) is 2.14. The van der Waals surface area contributed by atoms with Crippen LogP contribution in [0.25, 0.3) is 0 Å². The maximum absolute atomic E-state index is 10.9. The molecule has 1 aliphatic heterocycles. The van der Waals surface area contributed by atoms with E-state index >= 15 is 0 Å². The van der Waals surface area contributed by atoms with Gasteiger partial charge in [0.15, 0.2) is 0 Å². The van der Waals surface area contributed by atoms with E-state index in [1.807, 2.05) is 0 Å². The molecule has 0 aromatic heterocycles. The Morgan fingerprint density at radius 2 is 2.20 bits per heavy atom. The number of ketones is 1. The van der Waals surface area contributed by atoms with Crippen LogP contribution < -0.4 is 5.73 Å². The minimum atomic E-state index is 0.385. The molecular formula is C7H14N2O. The Labute approximate surface area is 61.2 Å². The summed E-state index contributed by atoms with van der Waals surface area (Å²) < 4.78 is 0. The van der Waals surface area contributed by atoms with Crippen LogP contribution in [-0.2, 0) is 4.79 Å². The Kier molecular flexibility index (Phi) is 2.83. The molecule has 0 radical (unpaired) electrons. The Morgan fingerprint density at radius 1 is 1.40 bits per heavy atom. The topological polar surface area (TPSA) is 46.3 Å². The lowest BCUT2D eigenvalue weighted by Gasteiger charge is -2.15. The number of rotatable bonds is 1. The first kappa shape index (κ1) is 7.69. The van der Waals surface area contributed by atoms with Crippen LogP contribution in [0.5, 0.6) is 0 Å². The van der Waals surface area contributed by atoms with Gasteiger partial charge in [-0.25, -0.2) is 0 Å². The van der Waals surface area contributed by atoms with Crippen molar-refractivity contribution in [1.29, 1.82) is 0 Å². The van der Waals surface area contributed by atoms with Crippen molar-refractivity contribution in [3.8, 4) is 0 Å². The van der Waals surface area contributed by atoms with Crippen molar-refractivity contribution in [2.45, 2.75) is 19.3 Å². The summed E-state index contributed by atoms with van der Waals surface area (Å²) in [5, 5.41) is 0. The molecule has 0 bridgehead atoms. The fraction of sp³-hybridized carbons (Fsp3) is 0.857. The second-order valence-electron chi connectivity index (χ2n) is 2.69. The summed E-state index contributed by atoms with van der Waals surface area (Å²) >= 11 is 0. The average molecular weight is 142 g/mol. The zero-order valence-corrected chi connectivity index (χ0v) is 6.18. The quantitative estimate of drug-likeness (QED) is 0.558. The van der Waals surface area contributed by atoms with Gasteiger partial charge in [0.1, 0.15) is 5.78 Å². The third-order valence-electron chi connectivity index (χ3n) is 1.90. The zero-order chi connectivity index (χ0) is 7.40. The van der Waals surface area contributed by atoms with Gasteiger partial charge in [0, 0.05) is 26.1 Å². The van der Waals surface area contributed by atoms with Crippen molar-refractivity contribution < 1.29 is 4.79 Å². The molecule has 58 valence electrons. The van der Waals surface area contributed by atoms with Crippen molar-refractivity contribution in [3.63, 3.8) is 0 Å². The normalized spacial score (nSPS) is 22.7. The molecule has 0 spiro atoms. The van der Waals surface area contributed by atoms with Gasteiger partial charge in [-0.05, 0) is 13.0 Å². The molecule has 3 nitrogen and oxygen atoms in total. The van der Waals surface area contributed by atoms with E-state index < -0.39 is 0 Å². The molecule has 0 saturated carbocycles.